The number of Topliss-reactive ketones (excluding diaryl/α,β-unsaturated/α-hetero) is 1. The Kier molecular flexibility index (Phi) is 6.22. The summed E-state index contributed by atoms with van der Waals surface area (Å²) < 4.78 is 0. The lowest BCUT2D eigenvalue weighted by molar-refractivity contribution is -0.145. The maximum Gasteiger partial charge on any atom is 0.228 e. The van der Waals surface area contributed by atoms with Gasteiger partial charge in [0.15, 0.2) is 0 Å². The van der Waals surface area contributed by atoms with Gasteiger partial charge in [0, 0.05) is 30.8 Å². The molecule has 0 N–H and O–H groups in total. The summed E-state index contributed by atoms with van der Waals surface area (Å²) in [6, 6.07) is 0. The molecule has 1 aliphatic rings. The summed E-state index contributed by atoms with van der Waals surface area (Å²) in [7, 11) is 0. The zero-order chi connectivity index (χ0) is 15.3. The Bertz CT molecular complexity index is 347. The van der Waals surface area contributed by atoms with E-state index in [-0.39, 0.29) is 17.2 Å². The summed E-state index contributed by atoms with van der Waals surface area (Å²) in [5, 5.41) is 0. The molecule has 1 fully saturated rings. The first kappa shape index (κ1) is 17.2. The number of carbonyl (C=O) groups is 2. The molecule has 0 bridgehead atoms. The van der Waals surface area contributed by atoms with E-state index in [4.69, 9.17) is 0 Å². The summed E-state index contributed by atoms with van der Waals surface area (Å²) in [5.41, 5.74) is -0.339. The van der Waals surface area contributed by atoms with Gasteiger partial charge in [-0.3, -0.25) is 9.59 Å². The lowest BCUT2D eigenvalue weighted by Gasteiger charge is -2.39. The maximum absolute atomic E-state index is 12.7. The van der Waals surface area contributed by atoms with E-state index >= 15 is 0 Å². The molecule has 0 spiro atoms. The van der Waals surface area contributed by atoms with Crippen LogP contribution in [0.3, 0.4) is 0 Å². The van der Waals surface area contributed by atoms with E-state index < -0.39 is 0 Å². The summed E-state index contributed by atoms with van der Waals surface area (Å²) in [5.74, 6) is 0.945. The largest absolute Gasteiger partial charge is 0.342 e. The van der Waals surface area contributed by atoms with E-state index in [0.29, 0.717) is 24.7 Å². The number of ketones is 1. The van der Waals surface area contributed by atoms with Gasteiger partial charge in [-0.25, -0.2) is 0 Å². The van der Waals surface area contributed by atoms with E-state index in [1.807, 2.05) is 18.7 Å². The van der Waals surface area contributed by atoms with Crippen LogP contribution in [0, 0.1) is 17.3 Å². The van der Waals surface area contributed by atoms with Crippen LogP contribution in [0.5, 0.6) is 0 Å². The Hall–Kier alpha value is -0.860. The molecule has 0 radical (unpaired) electrons. The molecule has 0 aliphatic carbocycles. The van der Waals surface area contributed by atoms with Gasteiger partial charge in [0.05, 0.1) is 0 Å². The van der Waals surface area contributed by atoms with Crippen LogP contribution in [-0.2, 0) is 9.59 Å². The smallest absolute Gasteiger partial charge is 0.228 e. The highest BCUT2D eigenvalue weighted by atomic mass is 16.2. The summed E-state index contributed by atoms with van der Waals surface area (Å²) in [6.07, 6.45) is 4.62. The third-order valence-corrected chi connectivity index (χ3v) is 4.94. The fourth-order valence-electron chi connectivity index (χ4n) is 2.63. The Morgan fingerprint density at radius 2 is 1.95 bits per heavy atom. The summed E-state index contributed by atoms with van der Waals surface area (Å²) in [4.78, 5) is 26.8. The van der Waals surface area contributed by atoms with Gasteiger partial charge in [-0.2, -0.15) is 0 Å². The molecule has 116 valence electrons. The number of rotatable bonds is 6. The average molecular weight is 281 g/mol. The average Bonchev–Trinajstić information content (AvgIpc) is 2.43. The first-order valence-corrected chi connectivity index (χ1v) is 8.12. The fourth-order valence-corrected chi connectivity index (χ4v) is 2.63. The summed E-state index contributed by atoms with van der Waals surface area (Å²) in [6.45, 7) is 11.8. The van der Waals surface area contributed by atoms with Gasteiger partial charge in [0.1, 0.15) is 5.78 Å². The third kappa shape index (κ3) is 4.07. The van der Waals surface area contributed by atoms with Crippen molar-refractivity contribution in [3.8, 4) is 0 Å². The number of nitrogens with zero attached hydrogens (tertiary/aromatic N) is 1. The first-order valence-electron chi connectivity index (χ1n) is 8.12. The van der Waals surface area contributed by atoms with Crippen molar-refractivity contribution >= 4 is 11.7 Å². The second-order valence-corrected chi connectivity index (χ2v) is 7.04. The minimum Gasteiger partial charge on any atom is -0.342 e. The van der Waals surface area contributed by atoms with Crippen LogP contribution < -0.4 is 0 Å². The number of hydrogen-bond donors (Lipinski definition) is 0. The molecule has 0 aromatic carbocycles. The molecule has 1 unspecified atom stereocenters. The molecule has 0 saturated carbocycles. The molecular formula is C17H31NO2. The van der Waals surface area contributed by atoms with Crippen molar-refractivity contribution in [2.75, 3.05) is 13.1 Å². The highest BCUT2D eigenvalue weighted by Crippen LogP contribution is 2.31. The molecule has 1 heterocycles. The molecule has 1 atom stereocenters. The van der Waals surface area contributed by atoms with Crippen LogP contribution in [0.15, 0.2) is 0 Å². The monoisotopic (exact) mass is 281 g/mol. The van der Waals surface area contributed by atoms with Gasteiger partial charge in [0.2, 0.25) is 5.91 Å². The van der Waals surface area contributed by atoms with Crippen molar-refractivity contribution < 1.29 is 9.59 Å². The highest BCUT2D eigenvalue weighted by molar-refractivity contribution is 5.85. The molecule has 3 nitrogen and oxygen atoms in total. The first-order chi connectivity index (χ1) is 9.30. The second-order valence-electron chi connectivity index (χ2n) is 7.04. The Morgan fingerprint density at radius 3 is 2.50 bits per heavy atom. The van der Waals surface area contributed by atoms with Crippen molar-refractivity contribution in [2.45, 2.75) is 66.7 Å². The Morgan fingerprint density at radius 1 is 1.30 bits per heavy atom. The van der Waals surface area contributed by atoms with E-state index in [1.165, 1.54) is 0 Å². The van der Waals surface area contributed by atoms with E-state index in [0.717, 1.165) is 32.2 Å². The molecule has 1 amide bonds. The predicted molar refractivity (Wildman–Crippen MR) is 82.5 cm³/mol. The van der Waals surface area contributed by atoms with Gasteiger partial charge in [-0.05, 0) is 25.2 Å². The normalized spacial score (nSPS) is 20.3. The molecule has 0 aromatic heterocycles. The predicted octanol–water partition coefficient (Wildman–Crippen LogP) is 3.67. The number of unbranched alkanes of at least 4 members (excludes halogenated alkanes) is 1. The minimum atomic E-state index is -0.339. The van der Waals surface area contributed by atoms with Crippen molar-refractivity contribution in [3.05, 3.63) is 0 Å². The fraction of sp³-hybridized carbons (Fsp3) is 0.882. The van der Waals surface area contributed by atoms with Crippen molar-refractivity contribution in [2.24, 2.45) is 17.3 Å². The molecule has 1 rings (SSSR count). The van der Waals surface area contributed by atoms with Crippen molar-refractivity contribution in [3.63, 3.8) is 0 Å². The van der Waals surface area contributed by atoms with Gasteiger partial charge in [0.25, 0.3) is 0 Å². The van der Waals surface area contributed by atoms with E-state index in [9.17, 15) is 9.59 Å². The van der Waals surface area contributed by atoms with E-state index in [2.05, 4.69) is 20.8 Å². The van der Waals surface area contributed by atoms with Crippen LogP contribution in [-0.4, -0.2) is 29.7 Å². The Labute approximate surface area is 124 Å². The zero-order valence-electron chi connectivity index (χ0n) is 13.9. The molecular weight excluding hydrogens is 250 g/mol. The van der Waals surface area contributed by atoms with Crippen LogP contribution >= 0.6 is 0 Å². The minimum absolute atomic E-state index is 0.0715. The zero-order valence-corrected chi connectivity index (χ0v) is 13.9. The SMILES string of the molecule is CCCCC(=O)C1CCCN(C(=O)C(C)(C)C(C)C)C1. The number of piperidine rings is 1. The number of amides is 1. The lowest BCUT2D eigenvalue weighted by Crippen LogP contribution is -2.49. The van der Waals surface area contributed by atoms with Crippen molar-refractivity contribution in [1.29, 1.82) is 0 Å². The van der Waals surface area contributed by atoms with Crippen LogP contribution in [0.25, 0.3) is 0 Å². The summed E-state index contributed by atoms with van der Waals surface area (Å²) >= 11 is 0. The second kappa shape index (κ2) is 7.24. The molecule has 3 heteroatoms. The standard InChI is InChI=1S/C17H31NO2/c1-6-7-10-15(19)14-9-8-11-18(12-14)16(20)17(4,5)13(2)3/h13-14H,6-12H2,1-5H3. The van der Waals surface area contributed by atoms with Crippen LogP contribution in [0.1, 0.15) is 66.7 Å². The van der Waals surface area contributed by atoms with E-state index in [1.54, 1.807) is 0 Å². The Balaban J connectivity index is 2.65. The van der Waals surface area contributed by atoms with Crippen LogP contribution in [0.2, 0.25) is 0 Å². The molecule has 0 aromatic rings. The topological polar surface area (TPSA) is 37.4 Å². The van der Waals surface area contributed by atoms with Gasteiger partial charge < -0.3 is 4.90 Å². The van der Waals surface area contributed by atoms with Crippen LogP contribution in [0.4, 0.5) is 0 Å². The number of carbonyl (C=O) groups excluding carboxylic acids is 2. The lowest BCUT2D eigenvalue weighted by atomic mass is 9.79. The highest BCUT2D eigenvalue weighted by Gasteiger charge is 2.37. The quantitative estimate of drug-likeness (QED) is 0.745. The van der Waals surface area contributed by atoms with Gasteiger partial charge in [-0.15, -0.1) is 0 Å². The van der Waals surface area contributed by atoms with Crippen molar-refractivity contribution in [1.82, 2.24) is 4.90 Å². The number of hydrogen-bond acceptors (Lipinski definition) is 2. The molecule has 1 saturated heterocycles. The number of likely N-dealkylation sites (tertiary alicyclic amines) is 1. The van der Waals surface area contributed by atoms with Gasteiger partial charge in [-0.1, -0.05) is 41.0 Å². The van der Waals surface area contributed by atoms with Gasteiger partial charge >= 0.3 is 0 Å². The molecule has 1 aliphatic heterocycles. The third-order valence-electron chi connectivity index (χ3n) is 4.94. The molecule has 20 heavy (non-hydrogen) atoms. The maximum atomic E-state index is 12.7.